The van der Waals surface area contributed by atoms with Crippen LogP contribution in [0.15, 0.2) is 30.4 Å². The highest BCUT2D eigenvalue weighted by Crippen LogP contribution is 2.44. The molecule has 1 aromatic carbocycles. The van der Waals surface area contributed by atoms with Crippen LogP contribution in [0.4, 0.5) is 0 Å². The number of hydrogen-bond donors (Lipinski definition) is 5. The first kappa shape index (κ1) is 34.5. The molecule has 1 saturated heterocycles. The molecule has 0 aliphatic carbocycles. The first-order chi connectivity index (χ1) is 20.0. The number of aliphatic hydroxyl groups is 2. The van der Waals surface area contributed by atoms with Gasteiger partial charge in [-0.1, -0.05) is 38.5 Å². The Morgan fingerprint density at radius 3 is 2.40 bits per heavy atom. The summed E-state index contributed by atoms with van der Waals surface area (Å²) in [4.78, 5) is 25.7. The maximum atomic E-state index is 12.9. The number of fused-ring (bicyclic) bond motifs is 1. The molecular weight excluding hydrogens is 558 g/mol. The number of hydrogen-bond acceptors (Lipinski definition) is 10. The largest absolute Gasteiger partial charge is 0.508 e. The second kappa shape index (κ2) is 13.8. The second-order valence-corrected chi connectivity index (χ2v) is 12.4. The van der Waals surface area contributed by atoms with E-state index in [2.05, 4.69) is 18.5 Å². The number of cyclic esters (lactones) is 1. The first-order valence-electron chi connectivity index (χ1n) is 14.5. The topological polar surface area (TPSA) is 164 Å². The number of esters is 1. The van der Waals surface area contributed by atoms with Gasteiger partial charge in [-0.15, -0.1) is 6.58 Å². The summed E-state index contributed by atoms with van der Waals surface area (Å²) in [6.45, 7) is 17.2. The van der Waals surface area contributed by atoms with Gasteiger partial charge in [0.1, 0.15) is 29.3 Å². The van der Waals surface area contributed by atoms with E-state index < -0.39 is 66.1 Å². The van der Waals surface area contributed by atoms with Crippen LogP contribution in [0.2, 0.25) is 0 Å². The van der Waals surface area contributed by atoms with Crippen LogP contribution in [0, 0.1) is 18.3 Å². The fourth-order valence-electron chi connectivity index (χ4n) is 5.76. The molecule has 2 aliphatic heterocycles. The van der Waals surface area contributed by atoms with Crippen molar-refractivity contribution in [2.45, 2.75) is 103 Å². The Hall–Kier alpha value is -2.96. The van der Waals surface area contributed by atoms with Crippen molar-refractivity contribution < 1.29 is 49.0 Å². The summed E-state index contributed by atoms with van der Waals surface area (Å²) in [5.74, 6) is -2.40. The van der Waals surface area contributed by atoms with Crippen LogP contribution >= 0.6 is 0 Å². The molecule has 0 spiro atoms. The fraction of sp³-hybridized carbons (Fsp3) is 0.625. The zero-order valence-electron chi connectivity index (χ0n) is 26.2. The van der Waals surface area contributed by atoms with Gasteiger partial charge in [0, 0.05) is 44.5 Å². The number of carbonyl (C=O) groups excluding carboxylic acids is 2. The molecule has 0 bridgehead atoms. The molecule has 3 rings (SSSR count). The SMILES string of the molecule is C=C(C)C[C@H](OC)[C@H](O)C(=O)N[C@@H](OC)[C@@H]1CC(=C)C(C)(C)[C@@H](C[C@H](O)[C@@H](C)[C@H]2Cc3c(C)c(O)cc(O)c3C(=O)O2)O1. The number of amides is 1. The van der Waals surface area contributed by atoms with E-state index in [0.29, 0.717) is 24.0 Å². The maximum Gasteiger partial charge on any atom is 0.342 e. The van der Waals surface area contributed by atoms with Crippen LogP contribution < -0.4 is 5.32 Å². The van der Waals surface area contributed by atoms with Crippen LogP contribution in [0.25, 0.3) is 0 Å². The van der Waals surface area contributed by atoms with Gasteiger partial charge in [-0.3, -0.25) is 4.79 Å². The van der Waals surface area contributed by atoms with Gasteiger partial charge in [-0.2, -0.15) is 0 Å². The molecule has 11 nitrogen and oxygen atoms in total. The van der Waals surface area contributed by atoms with Gasteiger partial charge < -0.3 is 44.7 Å². The van der Waals surface area contributed by atoms with Crippen molar-refractivity contribution in [3.05, 3.63) is 47.1 Å². The molecule has 2 heterocycles. The molecule has 11 heteroatoms. The molecule has 0 aromatic heterocycles. The molecule has 240 valence electrons. The lowest BCUT2D eigenvalue weighted by Gasteiger charge is -2.47. The quantitative estimate of drug-likeness (QED) is 0.136. The maximum absolute atomic E-state index is 12.9. The molecule has 8 atom stereocenters. The Labute approximate surface area is 253 Å². The Morgan fingerprint density at radius 1 is 1.16 bits per heavy atom. The molecule has 1 aromatic rings. The van der Waals surface area contributed by atoms with E-state index in [-0.39, 0.29) is 29.9 Å². The second-order valence-electron chi connectivity index (χ2n) is 12.4. The fourth-order valence-corrected chi connectivity index (χ4v) is 5.76. The summed E-state index contributed by atoms with van der Waals surface area (Å²) in [5.41, 5.74) is 2.03. The third kappa shape index (κ3) is 7.41. The van der Waals surface area contributed by atoms with E-state index >= 15 is 0 Å². The third-order valence-corrected chi connectivity index (χ3v) is 9.04. The van der Waals surface area contributed by atoms with Crippen molar-refractivity contribution in [1.29, 1.82) is 0 Å². The predicted octanol–water partition coefficient (Wildman–Crippen LogP) is 3.05. The van der Waals surface area contributed by atoms with Crippen molar-refractivity contribution >= 4 is 11.9 Å². The summed E-state index contributed by atoms with van der Waals surface area (Å²) < 4.78 is 22.9. The third-order valence-electron chi connectivity index (χ3n) is 9.04. The first-order valence-corrected chi connectivity index (χ1v) is 14.5. The van der Waals surface area contributed by atoms with Gasteiger partial charge in [0.05, 0.1) is 18.3 Å². The number of benzene rings is 1. The minimum atomic E-state index is -1.46. The van der Waals surface area contributed by atoms with Crippen LogP contribution in [0.5, 0.6) is 11.5 Å². The van der Waals surface area contributed by atoms with Crippen LogP contribution in [-0.4, -0.2) is 89.4 Å². The van der Waals surface area contributed by atoms with Crippen molar-refractivity contribution in [3.63, 3.8) is 0 Å². The Bertz CT molecular complexity index is 1230. The van der Waals surface area contributed by atoms with Crippen molar-refractivity contribution in [2.24, 2.45) is 11.3 Å². The number of carbonyl (C=O) groups is 2. The van der Waals surface area contributed by atoms with Crippen LogP contribution in [0.3, 0.4) is 0 Å². The van der Waals surface area contributed by atoms with Crippen LogP contribution in [0.1, 0.15) is 68.4 Å². The number of phenols is 2. The van der Waals surface area contributed by atoms with Gasteiger partial charge in [-0.05, 0) is 37.8 Å². The molecule has 0 unspecified atom stereocenters. The van der Waals surface area contributed by atoms with Gasteiger partial charge in [-0.25, -0.2) is 4.79 Å². The van der Waals surface area contributed by atoms with E-state index in [4.69, 9.17) is 18.9 Å². The van der Waals surface area contributed by atoms with E-state index in [1.807, 2.05) is 13.8 Å². The summed E-state index contributed by atoms with van der Waals surface area (Å²) in [6, 6.07) is 1.12. The summed E-state index contributed by atoms with van der Waals surface area (Å²) >= 11 is 0. The average molecular weight is 606 g/mol. The zero-order valence-corrected chi connectivity index (χ0v) is 26.2. The lowest BCUT2D eigenvalue weighted by molar-refractivity contribution is -0.169. The molecular formula is C32H47NO10. The smallest absolute Gasteiger partial charge is 0.342 e. The Kier molecular flexibility index (Phi) is 11.1. The predicted molar refractivity (Wildman–Crippen MR) is 159 cm³/mol. The van der Waals surface area contributed by atoms with E-state index in [0.717, 1.165) is 17.2 Å². The molecule has 0 radical (unpaired) electrons. The highest BCUT2D eigenvalue weighted by Gasteiger charge is 2.46. The Morgan fingerprint density at radius 2 is 1.81 bits per heavy atom. The lowest BCUT2D eigenvalue weighted by Crippen LogP contribution is -2.56. The van der Waals surface area contributed by atoms with Gasteiger partial charge in [0.25, 0.3) is 5.91 Å². The number of phenolic OH excluding ortho intramolecular Hbond substituents is 2. The number of aliphatic hydroxyl groups excluding tert-OH is 2. The average Bonchev–Trinajstić information content (AvgIpc) is 2.94. The molecule has 43 heavy (non-hydrogen) atoms. The summed E-state index contributed by atoms with van der Waals surface area (Å²) in [7, 11) is 2.83. The molecule has 0 saturated carbocycles. The van der Waals surface area contributed by atoms with E-state index in [9.17, 15) is 30.0 Å². The minimum Gasteiger partial charge on any atom is -0.508 e. The lowest BCUT2D eigenvalue weighted by atomic mass is 9.72. The van der Waals surface area contributed by atoms with Crippen molar-refractivity contribution in [1.82, 2.24) is 5.32 Å². The summed E-state index contributed by atoms with van der Waals surface area (Å²) in [6.07, 6.45) is -5.01. The number of rotatable bonds is 12. The normalized spacial score (nSPS) is 25.1. The van der Waals surface area contributed by atoms with Gasteiger partial charge >= 0.3 is 5.97 Å². The zero-order chi connectivity index (χ0) is 32.4. The standard InChI is InChI=1S/C32H47NO10/c1-15(2)10-24(40-8)28(37)29(38)33-30(41-9)25-11-16(3)32(6,7)26(42-25)14-21(35)18(5)23-12-19-17(4)20(34)13-22(36)27(19)31(39)43-23/h13,18,21,23-26,28,30,34-37H,1,3,10-12,14H2,2,4-9H3,(H,33,38)/t18-,21+,23-,24+,25+,26-,28+,30+/m1/s1. The molecule has 5 N–H and O–H groups in total. The van der Waals surface area contributed by atoms with Crippen molar-refractivity contribution in [2.75, 3.05) is 14.2 Å². The van der Waals surface area contributed by atoms with Crippen LogP contribution in [-0.2, 0) is 30.2 Å². The number of nitrogens with one attached hydrogen (secondary N) is 1. The highest BCUT2D eigenvalue weighted by molar-refractivity contribution is 5.96. The molecule has 1 fully saturated rings. The minimum absolute atomic E-state index is 0.0262. The van der Waals surface area contributed by atoms with Crippen molar-refractivity contribution in [3.8, 4) is 11.5 Å². The van der Waals surface area contributed by atoms with E-state index in [1.54, 1.807) is 20.8 Å². The Balaban J connectivity index is 1.74. The van der Waals surface area contributed by atoms with Gasteiger partial charge in [0.2, 0.25) is 0 Å². The number of ether oxygens (including phenoxy) is 4. The van der Waals surface area contributed by atoms with E-state index in [1.165, 1.54) is 14.2 Å². The van der Waals surface area contributed by atoms with Gasteiger partial charge in [0.15, 0.2) is 12.3 Å². The molecule has 2 aliphatic rings. The number of methoxy groups -OCH3 is 2. The summed E-state index contributed by atoms with van der Waals surface area (Å²) in [5, 5.41) is 45.1. The monoisotopic (exact) mass is 605 g/mol. The highest BCUT2D eigenvalue weighted by atomic mass is 16.6. The molecule has 1 amide bonds. The number of aromatic hydroxyl groups is 2.